The predicted octanol–water partition coefficient (Wildman–Crippen LogP) is 3.51. The lowest BCUT2D eigenvalue weighted by atomic mass is 10.0. The Bertz CT molecular complexity index is 1420. The summed E-state index contributed by atoms with van der Waals surface area (Å²) in [5, 5.41) is 9.30. The fraction of sp³-hybridized carbons (Fsp3) is 0.167. The third-order valence-corrected chi connectivity index (χ3v) is 5.85. The van der Waals surface area contributed by atoms with Crippen LogP contribution in [-0.2, 0) is 19.6 Å². The number of nitrogens with zero attached hydrogens (tertiary/aromatic N) is 5. The van der Waals surface area contributed by atoms with E-state index < -0.39 is 0 Å². The monoisotopic (exact) mass is 440 g/mol. The van der Waals surface area contributed by atoms with Gasteiger partial charge in [0.2, 0.25) is 0 Å². The lowest BCUT2D eigenvalue weighted by Crippen LogP contribution is -2.36. The summed E-state index contributed by atoms with van der Waals surface area (Å²) in [5.41, 5.74) is 4.64. The van der Waals surface area contributed by atoms with Crippen molar-refractivity contribution >= 4 is 16.8 Å². The molecule has 164 valence electrons. The SMILES string of the molecule is O=C(c1cc(COc2ccc(-n3cncn3)cc2)on1)N1CCc2c([nH]c3ccccc23)C1. The molecule has 0 saturated carbocycles. The van der Waals surface area contributed by atoms with Crippen LogP contribution in [0.1, 0.15) is 27.5 Å². The molecule has 0 spiro atoms. The quantitative estimate of drug-likeness (QED) is 0.449. The smallest absolute Gasteiger partial charge is 0.276 e. The van der Waals surface area contributed by atoms with Gasteiger partial charge in [0.05, 0.1) is 12.2 Å². The minimum absolute atomic E-state index is 0.147. The molecule has 33 heavy (non-hydrogen) atoms. The molecule has 1 aliphatic rings. The second-order valence-corrected chi connectivity index (χ2v) is 7.91. The Morgan fingerprint density at radius 1 is 1.15 bits per heavy atom. The topological polar surface area (TPSA) is 102 Å². The predicted molar refractivity (Wildman–Crippen MR) is 119 cm³/mol. The molecular weight excluding hydrogens is 420 g/mol. The van der Waals surface area contributed by atoms with Gasteiger partial charge in [-0.2, -0.15) is 5.10 Å². The lowest BCUT2D eigenvalue weighted by Gasteiger charge is -2.26. The maximum absolute atomic E-state index is 13.0. The van der Waals surface area contributed by atoms with Gasteiger partial charge in [0.1, 0.15) is 25.0 Å². The Balaban J connectivity index is 1.10. The third kappa shape index (κ3) is 3.63. The Morgan fingerprint density at radius 2 is 2.03 bits per heavy atom. The van der Waals surface area contributed by atoms with E-state index in [4.69, 9.17) is 9.26 Å². The molecule has 5 aromatic rings. The summed E-state index contributed by atoms with van der Waals surface area (Å²) in [4.78, 5) is 22.2. The zero-order valence-corrected chi connectivity index (χ0v) is 17.6. The highest BCUT2D eigenvalue weighted by atomic mass is 16.5. The molecule has 0 aliphatic carbocycles. The zero-order valence-electron chi connectivity index (χ0n) is 17.6. The van der Waals surface area contributed by atoms with Crippen molar-refractivity contribution in [2.75, 3.05) is 6.54 Å². The molecule has 1 amide bonds. The van der Waals surface area contributed by atoms with Crippen LogP contribution in [0.4, 0.5) is 0 Å². The molecule has 0 saturated heterocycles. The number of hydrogen-bond donors (Lipinski definition) is 1. The summed E-state index contributed by atoms with van der Waals surface area (Å²) in [6, 6.07) is 17.3. The zero-order chi connectivity index (χ0) is 22.2. The molecule has 9 heteroatoms. The molecule has 0 unspecified atom stereocenters. The number of carbonyl (C=O) groups excluding carboxylic acids is 1. The number of aromatic nitrogens is 5. The number of nitrogens with one attached hydrogen (secondary N) is 1. The second-order valence-electron chi connectivity index (χ2n) is 7.91. The van der Waals surface area contributed by atoms with Crippen molar-refractivity contribution in [1.29, 1.82) is 0 Å². The van der Waals surface area contributed by atoms with Crippen LogP contribution in [0.25, 0.3) is 16.6 Å². The Morgan fingerprint density at radius 3 is 2.88 bits per heavy atom. The lowest BCUT2D eigenvalue weighted by molar-refractivity contribution is 0.0722. The largest absolute Gasteiger partial charge is 0.486 e. The molecule has 6 rings (SSSR count). The van der Waals surface area contributed by atoms with E-state index in [1.54, 1.807) is 22.0 Å². The van der Waals surface area contributed by atoms with Gasteiger partial charge in [-0.1, -0.05) is 23.4 Å². The van der Waals surface area contributed by atoms with Crippen LogP contribution in [-0.4, -0.2) is 42.3 Å². The molecule has 9 nitrogen and oxygen atoms in total. The van der Waals surface area contributed by atoms with Gasteiger partial charge >= 0.3 is 0 Å². The van der Waals surface area contributed by atoms with Crippen molar-refractivity contribution in [3.63, 3.8) is 0 Å². The Hall–Kier alpha value is -4.40. The molecule has 4 heterocycles. The summed E-state index contributed by atoms with van der Waals surface area (Å²) in [5.74, 6) is 1.01. The fourth-order valence-electron chi connectivity index (χ4n) is 4.20. The number of fused-ring (bicyclic) bond motifs is 3. The minimum atomic E-state index is -0.147. The van der Waals surface area contributed by atoms with Gasteiger partial charge in [0, 0.05) is 29.2 Å². The highest BCUT2D eigenvalue weighted by Gasteiger charge is 2.26. The van der Waals surface area contributed by atoms with E-state index in [-0.39, 0.29) is 18.2 Å². The first kappa shape index (κ1) is 19.3. The molecule has 0 fully saturated rings. The van der Waals surface area contributed by atoms with Crippen LogP contribution in [0.15, 0.2) is 71.8 Å². The first-order valence-electron chi connectivity index (χ1n) is 10.7. The van der Waals surface area contributed by atoms with Gasteiger partial charge in [-0.05, 0) is 42.3 Å². The first-order valence-corrected chi connectivity index (χ1v) is 10.7. The van der Waals surface area contributed by atoms with Crippen LogP contribution in [0.5, 0.6) is 5.75 Å². The average molecular weight is 440 g/mol. The highest BCUT2D eigenvalue weighted by Crippen LogP contribution is 2.28. The number of benzene rings is 2. The standard InChI is InChI=1S/C24H20N6O3/c31-24(29-10-9-20-19-3-1-2-4-21(19)27-23(20)12-29)22-11-18(33-28-22)13-32-17-7-5-16(6-8-17)30-15-25-14-26-30/h1-8,11,14-15,27H,9-10,12-13H2. The normalized spacial score (nSPS) is 13.3. The summed E-state index contributed by atoms with van der Waals surface area (Å²) >= 11 is 0. The van der Waals surface area contributed by atoms with E-state index in [0.717, 1.165) is 23.3 Å². The molecule has 0 radical (unpaired) electrons. The fourth-order valence-corrected chi connectivity index (χ4v) is 4.20. The molecular formula is C24H20N6O3. The van der Waals surface area contributed by atoms with Gasteiger partial charge in [-0.25, -0.2) is 9.67 Å². The summed E-state index contributed by atoms with van der Waals surface area (Å²) in [7, 11) is 0. The van der Waals surface area contributed by atoms with Gasteiger partial charge in [-0.3, -0.25) is 4.79 Å². The second kappa shape index (κ2) is 7.94. The molecule has 0 bridgehead atoms. The number of carbonyl (C=O) groups is 1. The first-order chi connectivity index (χ1) is 16.2. The minimum Gasteiger partial charge on any atom is -0.486 e. The van der Waals surface area contributed by atoms with Gasteiger partial charge in [0.15, 0.2) is 11.5 Å². The van der Waals surface area contributed by atoms with Gasteiger partial charge < -0.3 is 19.1 Å². The number of ether oxygens (including phenoxy) is 1. The number of para-hydroxylation sites is 1. The van der Waals surface area contributed by atoms with Crippen molar-refractivity contribution in [3.8, 4) is 11.4 Å². The Labute approximate surface area is 188 Å². The van der Waals surface area contributed by atoms with Gasteiger partial charge in [-0.15, -0.1) is 0 Å². The van der Waals surface area contributed by atoms with Crippen LogP contribution >= 0.6 is 0 Å². The van der Waals surface area contributed by atoms with Crippen LogP contribution in [0.3, 0.4) is 0 Å². The van der Waals surface area contributed by atoms with Gasteiger partial charge in [0.25, 0.3) is 5.91 Å². The van der Waals surface area contributed by atoms with E-state index in [9.17, 15) is 4.79 Å². The molecule has 1 aliphatic heterocycles. The van der Waals surface area contributed by atoms with Crippen LogP contribution in [0, 0.1) is 0 Å². The summed E-state index contributed by atoms with van der Waals surface area (Å²) in [6.07, 6.45) is 3.92. The van der Waals surface area contributed by atoms with E-state index in [1.807, 2.05) is 36.4 Å². The summed E-state index contributed by atoms with van der Waals surface area (Å²) in [6.45, 7) is 1.35. The number of aromatic amines is 1. The molecule has 2 aromatic carbocycles. The molecule has 0 atom stereocenters. The number of rotatable bonds is 5. The average Bonchev–Trinajstić information content (AvgIpc) is 3.62. The third-order valence-electron chi connectivity index (χ3n) is 5.85. The van der Waals surface area contributed by atoms with E-state index in [2.05, 4.69) is 32.4 Å². The summed E-state index contributed by atoms with van der Waals surface area (Å²) < 4.78 is 12.8. The number of H-pyrrole nitrogens is 1. The number of hydrogen-bond acceptors (Lipinski definition) is 6. The highest BCUT2D eigenvalue weighted by molar-refractivity contribution is 5.93. The van der Waals surface area contributed by atoms with Crippen molar-refractivity contribution in [2.45, 2.75) is 19.6 Å². The van der Waals surface area contributed by atoms with Crippen LogP contribution in [0.2, 0.25) is 0 Å². The van der Waals surface area contributed by atoms with E-state index >= 15 is 0 Å². The van der Waals surface area contributed by atoms with Crippen molar-refractivity contribution in [3.05, 3.63) is 90.0 Å². The van der Waals surface area contributed by atoms with E-state index in [1.165, 1.54) is 17.3 Å². The van der Waals surface area contributed by atoms with E-state index in [0.29, 0.717) is 24.6 Å². The Kier molecular flexibility index (Phi) is 4.64. The molecule has 1 N–H and O–H groups in total. The van der Waals surface area contributed by atoms with Crippen LogP contribution < -0.4 is 4.74 Å². The number of amides is 1. The maximum atomic E-state index is 13.0. The van der Waals surface area contributed by atoms with Crippen molar-refractivity contribution in [2.24, 2.45) is 0 Å². The maximum Gasteiger partial charge on any atom is 0.276 e. The molecule has 3 aromatic heterocycles. The van der Waals surface area contributed by atoms with Crippen molar-refractivity contribution < 1.29 is 14.1 Å². The van der Waals surface area contributed by atoms with Crippen molar-refractivity contribution in [1.82, 2.24) is 29.8 Å².